The van der Waals surface area contributed by atoms with Crippen LogP contribution in [-0.4, -0.2) is 62.7 Å². The number of esters is 4. The summed E-state index contributed by atoms with van der Waals surface area (Å²) in [6.07, 6.45) is 26.5. The van der Waals surface area contributed by atoms with Crippen molar-refractivity contribution in [1.82, 2.24) is 0 Å². The van der Waals surface area contributed by atoms with Gasteiger partial charge in [-0.25, -0.2) is 19.2 Å². The molecule has 0 fully saturated rings. The van der Waals surface area contributed by atoms with Crippen LogP contribution in [0.4, 0.5) is 11.4 Å². The van der Waals surface area contributed by atoms with Crippen molar-refractivity contribution in [2.45, 2.75) is 142 Å². The first kappa shape index (κ1) is 61.3. The molecule has 0 bridgehead atoms. The van der Waals surface area contributed by atoms with Gasteiger partial charge >= 0.3 is 23.9 Å². The van der Waals surface area contributed by atoms with Crippen molar-refractivity contribution in [3.63, 3.8) is 0 Å². The van der Waals surface area contributed by atoms with Gasteiger partial charge in [-0.1, -0.05) is 146 Å². The number of nitrogens with zero attached hydrogens (tertiary/aromatic N) is 2. The highest BCUT2D eigenvalue weighted by Gasteiger charge is 2.13. The molecule has 414 valence electrons. The van der Waals surface area contributed by atoms with E-state index < -0.39 is 11.9 Å². The summed E-state index contributed by atoms with van der Waals surface area (Å²) in [7, 11) is 0. The van der Waals surface area contributed by atoms with E-state index in [0.717, 1.165) is 85.4 Å². The summed E-state index contributed by atoms with van der Waals surface area (Å²) in [6.45, 7) is 12.9. The van der Waals surface area contributed by atoms with Gasteiger partial charge in [0, 0.05) is 29.6 Å². The average molecular weight is 1060 g/mol. The molecule has 0 unspecified atom stereocenters. The summed E-state index contributed by atoms with van der Waals surface area (Å²) >= 11 is 0. The van der Waals surface area contributed by atoms with Gasteiger partial charge in [0.1, 0.15) is 23.0 Å². The van der Waals surface area contributed by atoms with Gasteiger partial charge in [0.2, 0.25) is 0 Å². The first-order valence-electron chi connectivity index (χ1n) is 28.0. The number of aliphatic imine (C=N–C) groups is 2. The zero-order valence-electron chi connectivity index (χ0n) is 46.1. The van der Waals surface area contributed by atoms with E-state index in [4.69, 9.17) is 28.4 Å². The van der Waals surface area contributed by atoms with Crippen LogP contribution >= 0.6 is 0 Å². The predicted molar refractivity (Wildman–Crippen MR) is 312 cm³/mol. The summed E-state index contributed by atoms with van der Waals surface area (Å²) in [5.74, 6) is 0.408. The lowest BCUT2D eigenvalue weighted by Crippen LogP contribution is -2.10. The van der Waals surface area contributed by atoms with Crippen LogP contribution in [0.1, 0.15) is 174 Å². The third kappa shape index (κ3) is 25.5. The van der Waals surface area contributed by atoms with E-state index in [1.165, 1.54) is 83.1 Å². The van der Waals surface area contributed by atoms with E-state index in [1.807, 2.05) is 48.5 Å². The number of carbonyl (C=O) groups excluding carboxylic acids is 4. The quantitative estimate of drug-likeness (QED) is 0.0123. The molecule has 0 amide bonds. The SMILES string of the molecule is C=C(C)C(=O)OCCCCCCCCCCCCOc1ccc(N=Cc2ccc(C(=O)Oc3cccc(OC(=O)c4ccc(C=Nc5ccc(OCCCCCCCCCCCCOC(=O)C(=C)C)cc5)cc4)c3)cc2)cc1. The number of benzene rings is 5. The first-order chi connectivity index (χ1) is 38.0. The second-order valence-electron chi connectivity index (χ2n) is 19.6. The molecule has 0 aliphatic carbocycles. The van der Waals surface area contributed by atoms with Gasteiger partial charge in [-0.2, -0.15) is 0 Å². The molecule has 0 aliphatic rings. The van der Waals surface area contributed by atoms with E-state index in [2.05, 4.69) is 23.1 Å². The van der Waals surface area contributed by atoms with Gasteiger partial charge in [-0.15, -0.1) is 0 Å². The van der Waals surface area contributed by atoms with E-state index in [1.54, 1.807) is 93.0 Å². The smallest absolute Gasteiger partial charge is 0.343 e. The van der Waals surface area contributed by atoms with Crippen LogP contribution in [0.25, 0.3) is 0 Å². The molecule has 0 spiro atoms. The maximum Gasteiger partial charge on any atom is 0.343 e. The van der Waals surface area contributed by atoms with Gasteiger partial charge < -0.3 is 28.4 Å². The number of carbonyl (C=O) groups is 4. The molecular weight excluding hydrogens is 981 g/mol. The lowest BCUT2D eigenvalue weighted by atomic mass is 10.1. The Morgan fingerprint density at radius 3 is 1.01 bits per heavy atom. The molecule has 12 heteroatoms. The van der Waals surface area contributed by atoms with Crippen LogP contribution in [0.5, 0.6) is 23.0 Å². The normalized spacial score (nSPS) is 11.1. The Morgan fingerprint density at radius 1 is 0.385 bits per heavy atom. The van der Waals surface area contributed by atoms with Crippen molar-refractivity contribution in [2.75, 3.05) is 26.4 Å². The molecule has 0 radical (unpaired) electrons. The topological polar surface area (TPSA) is 148 Å². The van der Waals surface area contributed by atoms with Crippen molar-refractivity contribution < 1.29 is 47.6 Å². The zero-order valence-corrected chi connectivity index (χ0v) is 46.1. The molecular formula is C66H80N2O10. The molecule has 5 aromatic rings. The van der Waals surface area contributed by atoms with Gasteiger partial charge in [-0.05, 0) is 136 Å². The molecule has 12 nitrogen and oxygen atoms in total. The van der Waals surface area contributed by atoms with Gasteiger partial charge in [0.05, 0.1) is 48.9 Å². The van der Waals surface area contributed by atoms with Crippen molar-refractivity contribution in [2.24, 2.45) is 9.98 Å². The minimum absolute atomic E-state index is 0.238. The van der Waals surface area contributed by atoms with E-state index >= 15 is 0 Å². The largest absolute Gasteiger partial charge is 0.494 e. The van der Waals surface area contributed by atoms with Crippen molar-refractivity contribution in [1.29, 1.82) is 0 Å². The van der Waals surface area contributed by atoms with E-state index in [-0.39, 0.29) is 23.4 Å². The highest BCUT2D eigenvalue weighted by Crippen LogP contribution is 2.24. The van der Waals surface area contributed by atoms with Crippen LogP contribution in [0, 0.1) is 0 Å². The third-order valence-electron chi connectivity index (χ3n) is 12.7. The fraction of sp³-hybridized carbons (Fsp3) is 0.394. The van der Waals surface area contributed by atoms with Crippen LogP contribution in [-0.2, 0) is 19.1 Å². The maximum absolute atomic E-state index is 13.0. The molecule has 0 saturated heterocycles. The maximum atomic E-state index is 13.0. The zero-order chi connectivity index (χ0) is 55.4. The molecule has 0 heterocycles. The van der Waals surface area contributed by atoms with Crippen molar-refractivity contribution in [3.8, 4) is 23.0 Å². The second kappa shape index (κ2) is 36.4. The minimum Gasteiger partial charge on any atom is -0.494 e. The number of ether oxygens (including phenoxy) is 6. The Kier molecular flexibility index (Phi) is 28.6. The fourth-order valence-corrected chi connectivity index (χ4v) is 8.09. The number of hydrogen-bond donors (Lipinski definition) is 0. The summed E-state index contributed by atoms with van der Waals surface area (Å²) in [6, 6.07) is 35.6. The summed E-state index contributed by atoms with van der Waals surface area (Å²) in [4.78, 5) is 58.0. The molecule has 5 rings (SSSR count). The van der Waals surface area contributed by atoms with Gasteiger partial charge in [0.15, 0.2) is 0 Å². The van der Waals surface area contributed by atoms with Crippen LogP contribution in [0.2, 0.25) is 0 Å². The molecule has 0 saturated carbocycles. The molecule has 0 aromatic heterocycles. The van der Waals surface area contributed by atoms with E-state index in [0.29, 0.717) is 48.7 Å². The number of rotatable bonds is 38. The Morgan fingerprint density at radius 2 is 0.692 bits per heavy atom. The molecule has 78 heavy (non-hydrogen) atoms. The summed E-state index contributed by atoms with van der Waals surface area (Å²) in [5, 5.41) is 0. The Bertz CT molecular complexity index is 2480. The summed E-state index contributed by atoms with van der Waals surface area (Å²) < 4.78 is 33.4. The third-order valence-corrected chi connectivity index (χ3v) is 12.7. The number of unbranched alkanes of at least 4 members (excludes halogenated alkanes) is 18. The Hall–Kier alpha value is -7.60. The predicted octanol–water partition coefficient (Wildman–Crippen LogP) is 16.4. The Labute approximate surface area is 463 Å². The van der Waals surface area contributed by atoms with Crippen LogP contribution < -0.4 is 18.9 Å². The first-order valence-corrected chi connectivity index (χ1v) is 28.0. The minimum atomic E-state index is -0.550. The lowest BCUT2D eigenvalue weighted by Gasteiger charge is -2.08. The second-order valence-corrected chi connectivity index (χ2v) is 19.6. The van der Waals surface area contributed by atoms with Crippen LogP contribution in [0.15, 0.2) is 156 Å². The highest BCUT2D eigenvalue weighted by atomic mass is 16.6. The highest BCUT2D eigenvalue weighted by molar-refractivity contribution is 5.94. The van der Waals surface area contributed by atoms with Crippen molar-refractivity contribution in [3.05, 3.63) is 168 Å². The van der Waals surface area contributed by atoms with E-state index in [9.17, 15) is 19.2 Å². The summed E-state index contributed by atoms with van der Waals surface area (Å²) in [5.41, 5.74) is 4.82. The molecule has 0 aliphatic heterocycles. The molecule has 0 atom stereocenters. The molecule has 5 aromatic carbocycles. The lowest BCUT2D eigenvalue weighted by molar-refractivity contribution is -0.139. The standard InChI is InChI=1S/C66H80N2O10/c1-51(2)63(69)75-46-23-19-15-11-7-5-9-13-17-21-44-73-59-40-36-57(37-41-59)67-49-53-28-32-55(33-29-53)65(71)77-61-26-25-27-62(48-61)78-66(72)56-34-30-54(31-35-56)50-68-58-38-42-60(43-39-58)74-45-22-18-14-10-6-8-12-16-20-24-47-76-64(70)52(3)4/h25-43,48-50H,1,3,5-24,44-47H2,2,4H3. The van der Waals surface area contributed by atoms with Crippen molar-refractivity contribution >= 4 is 47.7 Å². The molecule has 0 N–H and O–H groups in total. The fourth-order valence-electron chi connectivity index (χ4n) is 8.09. The number of hydrogen-bond acceptors (Lipinski definition) is 12. The average Bonchev–Trinajstić information content (AvgIpc) is 3.44. The van der Waals surface area contributed by atoms with Gasteiger partial charge in [0.25, 0.3) is 0 Å². The van der Waals surface area contributed by atoms with Crippen LogP contribution in [0.3, 0.4) is 0 Å². The van der Waals surface area contributed by atoms with Gasteiger partial charge in [-0.3, -0.25) is 9.98 Å². The Balaban J connectivity index is 0.904. The monoisotopic (exact) mass is 1060 g/mol.